The van der Waals surface area contributed by atoms with E-state index in [4.69, 9.17) is 20.9 Å². The lowest BCUT2D eigenvalue weighted by molar-refractivity contribution is -0.174. The average Bonchev–Trinajstić information content (AvgIpc) is 3.54. The third kappa shape index (κ3) is 6.09. The van der Waals surface area contributed by atoms with E-state index in [2.05, 4.69) is 10.4 Å². The summed E-state index contributed by atoms with van der Waals surface area (Å²) in [4.78, 5) is 24.7. The van der Waals surface area contributed by atoms with Gasteiger partial charge >= 0.3 is 6.18 Å². The Morgan fingerprint density at radius 3 is 2.54 bits per heavy atom. The van der Waals surface area contributed by atoms with Crippen molar-refractivity contribution in [2.75, 3.05) is 26.1 Å². The van der Waals surface area contributed by atoms with Gasteiger partial charge in [-0.25, -0.2) is 17.9 Å². The summed E-state index contributed by atoms with van der Waals surface area (Å²) in [5, 5.41) is 6.10. The highest BCUT2D eigenvalue weighted by Gasteiger charge is 2.45. The van der Waals surface area contributed by atoms with E-state index in [0.717, 1.165) is 24.3 Å². The van der Waals surface area contributed by atoms with Crippen LogP contribution in [0.4, 0.5) is 32.2 Å². The number of nitrogens with zero attached hydrogens (tertiary/aromatic N) is 2. The number of benzene rings is 2. The molecule has 2 heterocycles. The molecule has 2 atom stereocenters. The predicted molar refractivity (Wildman–Crippen MR) is 133 cm³/mol. The summed E-state index contributed by atoms with van der Waals surface area (Å²) in [7, 11) is 1.26. The molecule has 1 aliphatic rings. The fraction of sp³-hybridized carbons (Fsp3) is 0.346. The summed E-state index contributed by atoms with van der Waals surface area (Å²) in [6.45, 7) is -0.178. The van der Waals surface area contributed by atoms with Crippen LogP contribution in [0.3, 0.4) is 0 Å². The van der Waals surface area contributed by atoms with Gasteiger partial charge < -0.3 is 26.3 Å². The van der Waals surface area contributed by atoms with Crippen LogP contribution in [-0.2, 0) is 11.3 Å². The first-order chi connectivity index (χ1) is 19.3. The highest BCUT2D eigenvalue weighted by molar-refractivity contribution is 6.03. The summed E-state index contributed by atoms with van der Waals surface area (Å²) in [6, 6.07) is 2.89. The Labute approximate surface area is 229 Å². The first-order valence-corrected chi connectivity index (χ1v) is 12.2. The maximum absolute atomic E-state index is 15.3. The van der Waals surface area contributed by atoms with Crippen molar-refractivity contribution < 1.29 is 45.4 Å². The van der Waals surface area contributed by atoms with Crippen molar-refractivity contribution in [3.8, 4) is 17.0 Å². The summed E-state index contributed by atoms with van der Waals surface area (Å²) in [6.07, 6.45) is -4.96. The molecule has 0 saturated carbocycles. The Balaban J connectivity index is 1.67. The van der Waals surface area contributed by atoms with E-state index in [1.165, 1.54) is 13.2 Å². The number of aromatic nitrogens is 2. The van der Waals surface area contributed by atoms with Gasteiger partial charge in [0.25, 0.3) is 11.8 Å². The number of methoxy groups -OCH3 is 1. The summed E-state index contributed by atoms with van der Waals surface area (Å²) in [5.41, 5.74) is 8.61. The molecule has 1 aromatic heterocycles. The molecule has 0 aliphatic carbocycles. The van der Waals surface area contributed by atoms with Gasteiger partial charge in [0.2, 0.25) is 0 Å². The van der Waals surface area contributed by atoms with Crippen LogP contribution in [0.1, 0.15) is 45.2 Å². The molecule has 41 heavy (non-hydrogen) atoms. The number of rotatable bonds is 9. The summed E-state index contributed by atoms with van der Waals surface area (Å²) < 4.78 is 96.6. The van der Waals surface area contributed by atoms with Gasteiger partial charge in [0, 0.05) is 30.9 Å². The molecule has 9 nitrogen and oxygen atoms in total. The van der Waals surface area contributed by atoms with Gasteiger partial charge in [-0.1, -0.05) is 6.07 Å². The van der Waals surface area contributed by atoms with Crippen LogP contribution in [0.15, 0.2) is 30.3 Å². The van der Waals surface area contributed by atoms with Crippen molar-refractivity contribution in [3.63, 3.8) is 0 Å². The minimum atomic E-state index is -4.86. The zero-order valence-corrected chi connectivity index (χ0v) is 21.5. The van der Waals surface area contributed by atoms with Gasteiger partial charge in [-0.05, 0) is 43.0 Å². The second-order valence-corrected chi connectivity index (χ2v) is 9.37. The molecule has 0 bridgehead atoms. The first kappa shape index (κ1) is 29.7. The lowest BCUT2D eigenvalue weighted by Crippen LogP contribution is -2.31. The Kier molecular flexibility index (Phi) is 8.47. The zero-order chi connectivity index (χ0) is 30.1. The minimum absolute atomic E-state index is 0.0377. The summed E-state index contributed by atoms with van der Waals surface area (Å²) in [5.74, 6) is -7.11. The monoisotopic (exact) mass is 585 g/mol. The maximum atomic E-state index is 15.3. The van der Waals surface area contributed by atoms with Gasteiger partial charge in [-0.15, -0.1) is 0 Å². The molecule has 1 fully saturated rings. The molecular formula is C26H25F6N5O4. The van der Waals surface area contributed by atoms with E-state index in [1.54, 1.807) is 0 Å². The van der Waals surface area contributed by atoms with Gasteiger partial charge in [-0.2, -0.15) is 18.3 Å². The number of hydrogen-bond acceptors (Lipinski definition) is 6. The normalized spacial score (nSPS) is 16.0. The van der Waals surface area contributed by atoms with E-state index in [0.29, 0.717) is 11.1 Å². The predicted octanol–water partition coefficient (Wildman–Crippen LogP) is 4.12. The molecule has 2 aromatic carbocycles. The third-order valence-electron chi connectivity index (χ3n) is 6.71. The Morgan fingerprint density at radius 1 is 1.20 bits per heavy atom. The minimum Gasteiger partial charge on any atom is -0.496 e. The van der Waals surface area contributed by atoms with Crippen molar-refractivity contribution >= 4 is 17.6 Å². The number of nitrogen functional groups attached to an aromatic ring is 1. The number of ether oxygens (including phenoxy) is 2. The van der Waals surface area contributed by atoms with Gasteiger partial charge in [0.1, 0.15) is 34.7 Å². The molecule has 0 radical (unpaired) electrons. The van der Waals surface area contributed by atoms with E-state index in [9.17, 15) is 27.2 Å². The van der Waals surface area contributed by atoms with Gasteiger partial charge in [0.05, 0.1) is 12.7 Å². The number of carbonyl (C=O) groups is 2. The molecule has 2 unspecified atom stereocenters. The zero-order valence-electron chi connectivity index (χ0n) is 21.5. The highest BCUT2D eigenvalue weighted by atomic mass is 19.4. The lowest BCUT2D eigenvalue weighted by atomic mass is 9.99. The van der Waals surface area contributed by atoms with E-state index >= 15 is 8.78 Å². The first-order valence-electron chi connectivity index (χ1n) is 12.2. The van der Waals surface area contributed by atoms with Crippen molar-refractivity contribution in [2.24, 2.45) is 11.7 Å². The molecular weight excluding hydrogens is 560 g/mol. The highest BCUT2D eigenvalue weighted by Crippen LogP contribution is 2.41. The smallest absolute Gasteiger partial charge is 0.410 e. The largest absolute Gasteiger partial charge is 0.496 e. The number of primary amides is 1. The molecule has 1 saturated heterocycles. The molecule has 5 N–H and O–H groups in total. The number of anilines is 1. The second kappa shape index (κ2) is 11.7. The molecule has 0 spiro atoms. The van der Waals surface area contributed by atoms with Crippen LogP contribution < -0.4 is 21.5 Å². The van der Waals surface area contributed by atoms with Crippen molar-refractivity contribution in [2.45, 2.75) is 31.6 Å². The number of halogens is 6. The fourth-order valence-electron chi connectivity index (χ4n) is 4.61. The maximum Gasteiger partial charge on any atom is 0.410 e. The van der Waals surface area contributed by atoms with Crippen LogP contribution in [0.5, 0.6) is 5.75 Å². The molecule has 4 rings (SSSR count). The molecule has 1 aliphatic heterocycles. The average molecular weight is 586 g/mol. The van der Waals surface area contributed by atoms with Crippen molar-refractivity contribution in [1.82, 2.24) is 15.1 Å². The number of nitrogens with one attached hydrogen (secondary N) is 1. The standard InChI is InChI=1S/C26H25F6N5O4/c1-40-17-5-3-14(27)9-16(17)25(39)35-10-13-2-4-15(21(29)20(13)28)22-19(24(34)38)23(33)37(36-22)18(26(30,31)32)8-12-6-7-41-11-12/h2-5,9,12,18H,6-8,10-11,33H2,1H3,(H2,34,38)(H,35,39). The Hall–Kier alpha value is -4.27. The van der Waals surface area contributed by atoms with Crippen LogP contribution in [-0.4, -0.2) is 48.1 Å². The molecule has 2 amide bonds. The van der Waals surface area contributed by atoms with E-state index in [-0.39, 0.29) is 30.1 Å². The van der Waals surface area contributed by atoms with Crippen LogP contribution in [0, 0.1) is 23.4 Å². The Bertz CT molecular complexity index is 1470. The third-order valence-corrected chi connectivity index (χ3v) is 6.71. The quantitative estimate of drug-likeness (QED) is 0.324. The Morgan fingerprint density at radius 2 is 1.93 bits per heavy atom. The number of alkyl halides is 3. The van der Waals surface area contributed by atoms with E-state index in [1.807, 2.05) is 0 Å². The van der Waals surface area contributed by atoms with Crippen molar-refractivity contribution in [1.29, 1.82) is 0 Å². The second-order valence-electron chi connectivity index (χ2n) is 9.37. The van der Waals surface area contributed by atoms with Crippen LogP contribution in [0.25, 0.3) is 11.3 Å². The van der Waals surface area contributed by atoms with E-state index < -0.39 is 83.0 Å². The number of carbonyl (C=O) groups excluding carboxylic acids is 2. The van der Waals surface area contributed by atoms with Gasteiger partial charge in [0.15, 0.2) is 11.6 Å². The molecule has 220 valence electrons. The molecule has 15 heteroatoms. The van der Waals surface area contributed by atoms with Crippen molar-refractivity contribution in [3.05, 3.63) is 64.5 Å². The number of amides is 2. The topological polar surface area (TPSA) is 134 Å². The van der Waals surface area contributed by atoms with Crippen LogP contribution in [0.2, 0.25) is 0 Å². The molecule has 3 aromatic rings. The van der Waals surface area contributed by atoms with Crippen LogP contribution >= 0.6 is 0 Å². The van der Waals surface area contributed by atoms with Gasteiger partial charge in [-0.3, -0.25) is 9.59 Å². The fourth-order valence-corrected chi connectivity index (χ4v) is 4.61. The number of nitrogens with two attached hydrogens (primary N) is 2. The summed E-state index contributed by atoms with van der Waals surface area (Å²) >= 11 is 0. The lowest BCUT2D eigenvalue weighted by Gasteiger charge is -2.24. The number of hydrogen-bond donors (Lipinski definition) is 3. The SMILES string of the molecule is COc1ccc(F)cc1C(=O)NCc1ccc(-c2nn(C(CC3CCOC3)C(F)(F)F)c(N)c2C(N)=O)c(F)c1F.